The lowest BCUT2D eigenvalue weighted by atomic mass is 10.1. The first-order valence-corrected chi connectivity index (χ1v) is 5.22. The van der Waals surface area contributed by atoms with Gasteiger partial charge in [-0.15, -0.1) is 0 Å². The highest BCUT2D eigenvalue weighted by Crippen LogP contribution is 2.28. The normalized spacial score (nSPS) is 11.1. The predicted octanol–water partition coefficient (Wildman–Crippen LogP) is 4.38. The molecule has 2 aromatic rings. The first-order chi connectivity index (χ1) is 6.68. The Morgan fingerprint density at radius 1 is 1.07 bits per heavy atom. The summed E-state index contributed by atoms with van der Waals surface area (Å²) >= 11 is 2.12. The molecule has 0 fully saturated rings. The van der Waals surface area contributed by atoms with Gasteiger partial charge in [-0.25, -0.2) is 8.78 Å². The molecule has 0 N–H and O–H groups in total. The maximum Gasteiger partial charge on any atom is 0.264 e. The second kappa shape index (κ2) is 3.81. The number of fused-ring (bicyclic) bond motifs is 1. The van der Waals surface area contributed by atoms with Crippen molar-refractivity contribution in [2.24, 2.45) is 0 Å². The van der Waals surface area contributed by atoms with Crippen molar-refractivity contribution < 1.29 is 8.78 Å². The molecule has 0 aromatic heterocycles. The van der Waals surface area contributed by atoms with E-state index in [-0.39, 0.29) is 5.56 Å². The molecule has 2 aromatic carbocycles. The Kier molecular flexibility index (Phi) is 2.67. The fraction of sp³-hybridized carbons (Fsp3) is 0.0909. The van der Waals surface area contributed by atoms with E-state index in [1.807, 2.05) is 18.2 Å². The Labute approximate surface area is 94.1 Å². The molecule has 0 aliphatic heterocycles. The van der Waals surface area contributed by atoms with Crippen LogP contribution in [0.2, 0.25) is 0 Å². The van der Waals surface area contributed by atoms with E-state index in [9.17, 15) is 8.78 Å². The Morgan fingerprint density at radius 3 is 2.57 bits per heavy atom. The molecule has 72 valence electrons. The number of hydrogen-bond donors (Lipinski definition) is 0. The van der Waals surface area contributed by atoms with E-state index in [4.69, 9.17) is 0 Å². The Bertz CT molecular complexity index is 466. The maximum atomic E-state index is 12.6. The van der Waals surface area contributed by atoms with E-state index in [2.05, 4.69) is 22.6 Å². The van der Waals surface area contributed by atoms with Gasteiger partial charge in [-0.2, -0.15) is 0 Å². The highest BCUT2D eigenvalue weighted by molar-refractivity contribution is 14.1. The van der Waals surface area contributed by atoms with E-state index in [0.29, 0.717) is 5.39 Å². The summed E-state index contributed by atoms with van der Waals surface area (Å²) in [5, 5.41) is 1.51. The van der Waals surface area contributed by atoms with Gasteiger partial charge in [0, 0.05) is 9.13 Å². The molecular formula is C11H7F2I. The lowest BCUT2D eigenvalue weighted by Gasteiger charge is -2.05. The first kappa shape index (κ1) is 9.83. The van der Waals surface area contributed by atoms with Crippen LogP contribution in [0.4, 0.5) is 8.78 Å². The fourth-order valence-corrected chi connectivity index (χ4v) is 1.95. The molecule has 2 rings (SSSR count). The van der Waals surface area contributed by atoms with Crippen LogP contribution in [0.15, 0.2) is 36.4 Å². The fourth-order valence-electron chi connectivity index (χ4n) is 1.46. The van der Waals surface area contributed by atoms with Crippen molar-refractivity contribution in [3.05, 3.63) is 45.5 Å². The third-order valence-electron chi connectivity index (χ3n) is 2.11. The second-order valence-electron chi connectivity index (χ2n) is 3.01. The van der Waals surface area contributed by atoms with E-state index in [1.165, 1.54) is 6.07 Å². The topological polar surface area (TPSA) is 0 Å². The molecule has 0 heterocycles. The maximum absolute atomic E-state index is 12.6. The summed E-state index contributed by atoms with van der Waals surface area (Å²) in [4.78, 5) is 0. The molecule has 0 unspecified atom stereocenters. The molecule has 3 heteroatoms. The first-order valence-electron chi connectivity index (χ1n) is 4.15. The SMILES string of the molecule is FC(F)c1cccc2ccc(I)cc12. The van der Waals surface area contributed by atoms with Crippen LogP contribution in [0.1, 0.15) is 12.0 Å². The van der Waals surface area contributed by atoms with Crippen molar-refractivity contribution in [3.63, 3.8) is 0 Å². The Hall–Kier alpha value is -0.710. The minimum Gasteiger partial charge on any atom is -0.205 e. The molecule has 0 bridgehead atoms. The molecule has 0 saturated heterocycles. The summed E-state index contributed by atoms with van der Waals surface area (Å²) in [5.74, 6) is 0. The molecule has 0 radical (unpaired) electrons. The van der Waals surface area contributed by atoms with Gasteiger partial charge < -0.3 is 0 Å². The van der Waals surface area contributed by atoms with Crippen LogP contribution >= 0.6 is 22.6 Å². The third-order valence-corrected chi connectivity index (χ3v) is 2.78. The molecule has 0 atom stereocenters. The summed E-state index contributed by atoms with van der Waals surface area (Å²) in [6, 6.07) is 10.6. The summed E-state index contributed by atoms with van der Waals surface area (Å²) in [6.07, 6.45) is -2.41. The van der Waals surface area contributed by atoms with Crippen LogP contribution in [0.3, 0.4) is 0 Å². The zero-order valence-corrected chi connectivity index (χ0v) is 9.33. The zero-order valence-electron chi connectivity index (χ0n) is 7.18. The molecule has 0 amide bonds. The van der Waals surface area contributed by atoms with Gasteiger partial charge in [-0.3, -0.25) is 0 Å². The van der Waals surface area contributed by atoms with Crippen molar-refractivity contribution in [2.45, 2.75) is 6.43 Å². The summed E-state index contributed by atoms with van der Waals surface area (Å²) in [5.41, 5.74) is 0.112. The van der Waals surface area contributed by atoms with Gasteiger partial charge >= 0.3 is 0 Å². The second-order valence-corrected chi connectivity index (χ2v) is 4.26. The van der Waals surface area contributed by atoms with Gasteiger partial charge in [0.25, 0.3) is 6.43 Å². The van der Waals surface area contributed by atoms with Crippen LogP contribution in [-0.4, -0.2) is 0 Å². The summed E-state index contributed by atoms with van der Waals surface area (Å²) in [7, 11) is 0. The molecule has 0 aliphatic rings. The lowest BCUT2D eigenvalue weighted by molar-refractivity contribution is 0.153. The average molecular weight is 304 g/mol. The minimum absolute atomic E-state index is 0.112. The number of benzene rings is 2. The summed E-state index contributed by atoms with van der Waals surface area (Å²) < 4.78 is 26.2. The van der Waals surface area contributed by atoms with Crippen LogP contribution in [0.25, 0.3) is 10.8 Å². The number of alkyl halides is 2. The summed E-state index contributed by atoms with van der Waals surface area (Å²) in [6.45, 7) is 0. The van der Waals surface area contributed by atoms with Gasteiger partial charge in [0.1, 0.15) is 0 Å². The standard InChI is InChI=1S/C11H7F2I/c12-11(13)9-3-1-2-7-4-5-8(14)6-10(7)9/h1-6,11H. The van der Waals surface area contributed by atoms with Crippen LogP contribution in [-0.2, 0) is 0 Å². The Balaban J connectivity index is 2.77. The zero-order chi connectivity index (χ0) is 10.1. The minimum atomic E-state index is -2.41. The molecule has 0 saturated carbocycles. The average Bonchev–Trinajstić information content (AvgIpc) is 2.16. The van der Waals surface area contributed by atoms with Gasteiger partial charge in [0.05, 0.1) is 0 Å². The van der Waals surface area contributed by atoms with E-state index in [1.54, 1.807) is 12.1 Å². The quantitative estimate of drug-likeness (QED) is 0.686. The van der Waals surface area contributed by atoms with Gasteiger partial charge in [0.15, 0.2) is 0 Å². The van der Waals surface area contributed by atoms with Crippen molar-refractivity contribution >= 4 is 33.4 Å². The van der Waals surface area contributed by atoms with Gasteiger partial charge in [-0.1, -0.05) is 24.3 Å². The number of rotatable bonds is 1. The van der Waals surface area contributed by atoms with Crippen molar-refractivity contribution in [1.82, 2.24) is 0 Å². The third kappa shape index (κ3) is 1.73. The monoisotopic (exact) mass is 304 g/mol. The van der Waals surface area contributed by atoms with Crippen LogP contribution in [0.5, 0.6) is 0 Å². The number of hydrogen-bond acceptors (Lipinski definition) is 0. The molecule has 0 nitrogen and oxygen atoms in total. The van der Waals surface area contributed by atoms with Crippen LogP contribution in [0, 0.1) is 3.57 Å². The Morgan fingerprint density at radius 2 is 1.86 bits per heavy atom. The lowest BCUT2D eigenvalue weighted by Crippen LogP contribution is -1.86. The van der Waals surface area contributed by atoms with Crippen molar-refractivity contribution in [2.75, 3.05) is 0 Å². The van der Waals surface area contributed by atoms with E-state index < -0.39 is 6.43 Å². The number of halogens is 3. The molecular weight excluding hydrogens is 297 g/mol. The van der Waals surface area contributed by atoms with Gasteiger partial charge in [-0.05, 0) is 45.5 Å². The largest absolute Gasteiger partial charge is 0.264 e. The van der Waals surface area contributed by atoms with Crippen molar-refractivity contribution in [1.29, 1.82) is 0 Å². The van der Waals surface area contributed by atoms with Crippen LogP contribution < -0.4 is 0 Å². The molecule has 14 heavy (non-hydrogen) atoms. The molecule has 0 spiro atoms. The van der Waals surface area contributed by atoms with E-state index in [0.717, 1.165) is 8.96 Å². The smallest absolute Gasteiger partial charge is 0.205 e. The molecule has 0 aliphatic carbocycles. The highest BCUT2D eigenvalue weighted by atomic mass is 127. The van der Waals surface area contributed by atoms with Crippen molar-refractivity contribution in [3.8, 4) is 0 Å². The highest BCUT2D eigenvalue weighted by Gasteiger charge is 2.10. The predicted molar refractivity (Wildman–Crippen MR) is 61.6 cm³/mol. The van der Waals surface area contributed by atoms with E-state index >= 15 is 0 Å². The van der Waals surface area contributed by atoms with Gasteiger partial charge in [0.2, 0.25) is 0 Å².